The molecular formula is C16H17FN2O3S. The molecule has 0 aromatic heterocycles. The summed E-state index contributed by atoms with van der Waals surface area (Å²) in [5.41, 5.74) is 0.603. The second kappa shape index (κ2) is 6.89. The quantitative estimate of drug-likeness (QED) is 0.881. The molecule has 1 amide bonds. The van der Waals surface area contributed by atoms with Gasteiger partial charge >= 0.3 is 0 Å². The van der Waals surface area contributed by atoms with E-state index in [1.807, 2.05) is 0 Å². The van der Waals surface area contributed by atoms with Gasteiger partial charge in [-0.3, -0.25) is 4.79 Å². The van der Waals surface area contributed by atoms with Crippen molar-refractivity contribution < 1.29 is 17.6 Å². The molecule has 0 heterocycles. The fraction of sp³-hybridized carbons (Fsp3) is 0.188. The van der Waals surface area contributed by atoms with Crippen LogP contribution in [-0.2, 0) is 10.0 Å². The molecule has 0 atom stereocenters. The van der Waals surface area contributed by atoms with Crippen LogP contribution in [0.2, 0.25) is 0 Å². The lowest BCUT2D eigenvalue weighted by atomic mass is 10.2. The van der Waals surface area contributed by atoms with Crippen LogP contribution in [0.4, 0.5) is 10.1 Å². The van der Waals surface area contributed by atoms with Crippen molar-refractivity contribution in [2.24, 2.45) is 0 Å². The molecule has 0 aliphatic rings. The lowest BCUT2D eigenvalue weighted by Crippen LogP contribution is -2.30. The summed E-state index contributed by atoms with van der Waals surface area (Å²) in [4.78, 5) is 12.1. The maximum Gasteiger partial charge on any atom is 0.255 e. The van der Waals surface area contributed by atoms with E-state index in [0.29, 0.717) is 5.69 Å². The largest absolute Gasteiger partial charge is 0.322 e. The third-order valence-electron chi connectivity index (χ3n) is 2.90. The molecule has 0 saturated carbocycles. The zero-order valence-electron chi connectivity index (χ0n) is 12.7. The van der Waals surface area contributed by atoms with Gasteiger partial charge in [0.1, 0.15) is 5.82 Å². The molecule has 0 fully saturated rings. The summed E-state index contributed by atoms with van der Waals surface area (Å²) in [7, 11) is -3.57. The molecule has 0 radical (unpaired) electrons. The molecule has 2 rings (SSSR count). The summed E-state index contributed by atoms with van der Waals surface area (Å²) in [6, 6.07) is 10.8. The maximum atomic E-state index is 13.1. The molecule has 0 aliphatic carbocycles. The lowest BCUT2D eigenvalue weighted by molar-refractivity contribution is 0.102. The second-order valence-corrected chi connectivity index (χ2v) is 6.98. The molecule has 122 valence electrons. The van der Waals surface area contributed by atoms with Crippen LogP contribution in [0.5, 0.6) is 0 Å². The Morgan fingerprint density at radius 2 is 1.74 bits per heavy atom. The first-order valence-corrected chi connectivity index (χ1v) is 8.45. The van der Waals surface area contributed by atoms with Gasteiger partial charge in [-0.25, -0.2) is 17.5 Å². The van der Waals surface area contributed by atoms with Gasteiger partial charge in [-0.15, -0.1) is 0 Å². The first-order chi connectivity index (χ1) is 10.8. The van der Waals surface area contributed by atoms with Crippen molar-refractivity contribution in [2.75, 3.05) is 5.32 Å². The summed E-state index contributed by atoms with van der Waals surface area (Å²) < 4.78 is 39.6. The standard InChI is InChI=1S/C16H17FN2O3S/c1-11(2)19-23(21,22)15-8-6-14(7-9-15)18-16(20)12-4-3-5-13(17)10-12/h3-11,19H,1-2H3,(H,18,20). The molecular weight excluding hydrogens is 319 g/mol. The summed E-state index contributed by atoms with van der Waals surface area (Å²) in [6.07, 6.45) is 0. The van der Waals surface area contributed by atoms with Gasteiger partial charge in [-0.05, 0) is 56.3 Å². The van der Waals surface area contributed by atoms with E-state index in [4.69, 9.17) is 0 Å². The number of rotatable bonds is 5. The van der Waals surface area contributed by atoms with E-state index in [-0.39, 0.29) is 16.5 Å². The SMILES string of the molecule is CC(C)NS(=O)(=O)c1ccc(NC(=O)c2cccc(F)c2)cc1. The minimum absolute atomic E-state index is 0.106. The zero-order valence-corrected chi connectivity index (χ0v) is 13.5. The third-order valence-corrected chi connectivity index (χ3v) is 4.57. The number of hydrogen-bond donors (Lipinski definition) is 2. The van der Waals surface area contributed by atoms with Crippen molar-refractivity contribution in [1.82, 2.24) is 4.72 Å². The van der Waals surface area contributed by atoms with E-state index >= 15 is 0 Å². The number of halogens is 1. The molecule has 0 bridgehead atoms. The number of amides is 1. The van der Waals surface area contributed by atoms with E-state index in [1.165, 1.54) is 42.5 Å². The van der Waals surface area contributed by atoms with Crippen LogP contribution in [0.3, 0.4) is 0 Å². The predicted molar refractivity (Wildman–Crippen MR) is 86.3 cm³/mol. The first kappa shape index (κ1) is 17.1. The molecule has 23 heavy (non-hydrogen) atoms. The number of sulfonamides is 1. The average molecular weight is 336 g/mol. The van der Waals surface area contributed by atoms with E-state index in [2.05, 4.69) is 10.0 Å². The predicted octanol–water partition coefficient (Wildman–Crippen LogP) is 2.76. The highest BCUT2D eigenvalue weighted by molar-refractivity contribution is 7.89. The van der Waals surface area contributed by atoms with Crippen molar-refractivity contribution in [1.29, 1.82) is 0 Å². The van der Waals surface area contributed by atoms with Gasteiger partial charge in [0, 0.05) is 17.3 Å². The summed E-state index contributed by atoms with van der Waals surface area (Å²) in [5, 5.41) is 2.58. The number of nitrogens with one attached hydrogen (secondary N) is 2. The van der Waals surface area contributed by atoms with Crippen LogP contribution >= 0.6 is 0 Å². The van der Waals surface area contributed by atoms with Gasteiger partial charge in [0.2, 0.25) is 10.0 Å². The van der Waals surface area contributed by atoms with E-state index in [9.17, 15) is 17.6 Å². The monoisotopic (exact) mass is 336 g/mol. The maximum absolute atomic E-state index is 13.1. The Morgan fingerprint density at radius 1 is 1.09 bits per heavy atom. The molecule has 2 N–H and O–H groups in total. The van der Waals surface area contributed by atoms with Crippen molar-refractivity contribution in [3.8, 4) is 0 Å². The Labute approximate surface area is 134 Å². The highest BCUT2D eigenvalue weighted by Gasteiger charge is 2.15. The summed E-state index contributed by atoms with van der Waals surface area (Å²) >= 11 is 0. The number of carbonyl (C=O) groups excluding carboxylic acids is 1. The molecule has 2 aromatic rings. The molecule has 7 heteroatoms. The third kappa shape index (κ3) is 4.61. The van der Waals surface area contributed by atoms with Crippen molar-refractivity contribution in [3.63, 3.8) is 0 Å². The van der Waals surface area contributed by atoms with Crippen molar-refractivity contribution in [2.45, 2.75) is 24.8 Å². The Hall–Kier alpha value is -2.25. The van der Waals surface area contributed by atoms with Crippen LogP contribution in [0.25, 0.3) is 0 Å². The van der Waals surface area contributed by atoms with Crippen molar-refractivity contribution in [3.05, 3.63) is 59.9 Å². The van der Waals surface area contributed by atoms with Gasteiger partial charge in [0.05, 0.1) is 4.90 Å². The molecule has 2 aromatic carbocycles. The van der Waals surface area contributed by atoms with E-state index < -0.39 is 21.7 Å². The molecule has 0 aliphatic heterocycles. The van der Waals surface area contributed by atoms with Crippen LogP contribution < -0.4 is 10.0 Å². The number of anilines is 1. The summed E-state index contributed by atoms with van der Waals surface area (Å²) in [6.45, 7) is 3.45. The number of carbonyl (C=O) groups is 1. The van der Waals surface area contributed by atoms with Crippen LogP contribution in [0, 0.1) is 5.82 Å². The lowest BCUT2D eigenvalue weighted by Gasteiger charge is -2.10. The number of benzene rings is 2. The Balaban J connectivity index is 2.13. The summed E-state index contributed by atoms with van der Waals surface area (Å²) in [5.74, 6) is -0.973. The van der Waals surface area contributed by atoms with Gasteiger partial charge in [-0.1, -0.05) is 6.07 Å². The highest BCUT2D eigenvalue weighted by atomic mass is 32.2. The fourth-order valence-electron chi connectivity index (χ4n) is 1.93. The minimum atomic E-state index is -3.57. The Morgan fingerprint density at radius 3 is 2.30 bits per heavy atom. The molecule has 0 saturated heterocycles. The van der Waals surface area contributed by atoms with E-state index in [0.717, 1.165) is 6.07 Å². The second-order valence-electron chi connectivity index (χ2n) is 5.26. The Kier molecular flexibility index (Phi) is 5.12. The zero-order chi connectivity index (χ0) is 17.0. The first-order valence-electron chi connectivity index (χ1n) is 6.97. The van der Waals surface area contributed by atoms with Gasteiger partial charge in [0.25, 0.3) is 5.91 Å². The van der Waals surface area contributed by atoms with Crippen molar-refractivity contribution >= 4 is 21.6 Å². The Bertz CT molecular complexity index is 802. The topological polar surface area (TPSA) is 75.3 Å². The average Bonchev–Trinajstić information content (AvgIpc) is 2.46. The fourth-order valence-corrected chi connectivity index (χ4v) is 3.18. The smallest absolute Gasteiger partial charge is 0.255 e. The molecule has 0 unspecified atom stereocenters. The van der Waals surface area contributed by atoms with Gasteiger partial charge < -0.3 is 5.32 Å². The number of hydrogen-bond acceptors (Lipinski definition) is 3. The normalized spacial score (nSPS) is 11.5. The molecule has 0 spiro atoms. The van der Waals surface area contributed by atoms with Crippen LogP contribution in [0.15, 0.2) is 53.4 Å². The highest BCUT2D eigenvalue weighted by Crippen LogP contribution is 2.15. The van der Waals surface area contributed by atoms with Crippen LogP contribution in [0.1, 0.15) is 24.2 Å². The van der Waals surface area contributed by atoms with E-state index in [1.54, 1.807) is 13.8 Å². The van der Waals surface area contributed by atoms with Crippen LogP contribution in [-0.4, -0.2) is 20.4 Å². The molecule has 5 nitrogen and oxygen atoms in total. The van der Waals surface area contributed by atoms with Gasteiger partial charge in [-0.2, -0.15) is 0 Å². The minimum Gasteiger partial charge on any atom is -0.322 e. The van der Waals surface area contributed by atoms with Gasteiger partial charge in [0.15, 0.2) is 0 Å².